The summed E-state index contributed by atoms with van der Waals surface area (Å²) in [5.74, 6) is 3.81. The molecule has 2 aromatic carbocycles. The quantitative estimate of drug-likeness (QED) is 0.498. The molecule has 128 valence electrons. The number of alkyl carbamates (subject to hydrolysis) is 1. The maximum Gasteiger partial charge on any atom is 0.407 e. The van der Waals surface area contributed by atoms with Crippen molar-refractivity contribution in [3.05, 3.63) is 65.0 Å². The summed E-state index contributed by atoms with van der Waals surface area (Å²) in [5, 5.41) is 11.9. The number of rotatable bonds is 5. The van der Waals surface area contributed by atoms with E-state index in [9.17, 15) is 19.1 Å². The molecule has 0 bridgehead atoms. The molecule has 0 aliphatic heterocycles. The van der Waals surface area contributed by atoms with Gasteiger partial charge in [-0.1, -0.05) is 42.2 Å². The molecule has 2 rings (SSSR count). The van der Waals surface area contributed by atoms with Gasteiger partial charge in [-0.3, -0.25) is 4.79 Å². The molecule has 0 spiro atoms. The van der Waals surface area contributed by atoms with Crippen LogP contribution in [0.5, 0.6) is 5.75 Å². The van der Waals surface area contributed by atoms with Gasteiger partial charge in [0.1, 0.15) is 6.61 Å². The highest BCUT2D eigenvalue weighted by atomic mass is 19.1. The van der Waals surface area contributed by atoms with Crippen molar-refractivity contribution in [3.63, 3.8) is 0 Å². The van der Waals surface area contributed by atoms with Crippen molar-refractivity contribution in [1.82, 2.24) is 5.32 Å². The molecule has 0 saturated heterocycles. The number of halogens is 1. The van der Waals surface area contributed by atoms with E-state index in [0.717, 1.165) is 11.6 Å². The van der Waals surface area contributed by atoms with Crippen LogP contribution >= 0.6 is 0 Å². The molecule has 0 unspecified atom stereocenters. The van der Waals surface area contributed by atoms with Gasteiger partial charge in [-0.05, 0) is 17.7 Å². The van der Waals surface area contributed by atoms with Crippen LogP contribution in [-0.2, 0) is 11.3 Å². The minimum atomic E-state index is -0.906. The van der Waals surface area contributed by atoms with Crippen molar-refractivity contribution in [2.75, 3.05) is 6.54 Å². The minimum absolute atomic E-state index is 0.160. The highest BCUT2D eigenvalue weighted by Gasteiger charge is 2.07. The van der Waals surface area contributed by atoms with E-state index in [4.69, 9.17) is 4.74 Å². The van der Waals surface area contributed by atoms with Crippen molar-refractivity contribution >= 4 is 12.4 Å². The Bertz CT molecular complexity index is 809. The fraction of sp³-hybridized carbons (Fsp3) is 0.158. The van der Waals surface area contributed by atoms with Crippen LogP contribution in [0.4, 0.5) is 9.18 Å². The third-order valence-electron chi connectivity index (χ3n) is 3.18. The second-order valence-electron chi connectivity index (χ2n) is 5.05. The van der Waals surface area contributed by atoms with Crippen LogP contribution in [0.3, 0.4) is 0 Å². The van der Waals surface area contributed by atoms with Crippen LogP contribution in [0.15, 0.2) is 42.5 Å². The summed E-state index contributed by atoms with van der Waals surface area (Å²) in [6.07, 6.45) is 0.123. The Kier molecular flexibility index (Phi) is 6.55. The Morgan fingerprint density at radius 1 is 1.28 bits per heavy atom. The van der Waals surface area contributed by atoms with Crippen molar-refractivity contribution in [2.45, 2.75) is 13.0 Å². The summed E-state index contributed by atoms with van der Waals surface area (Å²) in [6, 6.07) is 11.6. The summed E-state index contributed by atoms with van der Waals surface area (Å²) in [6.45, 7) is 0.446. The van der Waals surface area contributed by atoms with E-state index in [1.165, 1.54) is 6.07 Å². The van der Waals surface area contributed by atoms with Crippen LogP contribution in [0.25, 0.3) is 0 Å². The molecule has 0 fully saturated rings. The zero-order chi connectivity index (χ0) is 18.1. The maximum absolute atomic E-state index is 13.4. The largest absolute Gasteiger partial charge is 0.504 e. The van der Waals surface area contributed by atoms with E-state index in [1.807, 2.05) is 30.3 Å². The number of phenolic OH excluding ortho intramolecular Hbond substituents is 1. The zero-order valence-electron chi connectivity index (χ0n) is 13.3. The third kappa shape index (κ3) is 5.66. The molecule has 5 nitrogen and oxygen atoms in total. The molecule has 0 aliphatic rings. The van der Waals surface area contributed by atoms with Gasteiger partial charge < -0.3 is 15.2 Å². The first-order chi connectivity index (χ1) is 12.1. The average molecular weight is 341 g/mol. The number of amides is 1. The van der Waals surface area contributed by atoms with E-state index in [1.54, 1.807) is 0 Å². The monoisotopic (exact) mass is 341 g/mol. The van der Waals surface area contributed by atoms with Crippen molar-refractivity contribution in [1.29, 1.82) is 0 Å². The standard InChI is InChI=1S/C19H16FNO4/c20-17-11-15(10-16(12-22)18(17)23)8-4-5-9-21-19(24)25-13-14-6-2-1-3-7-14/h1-3,6-7,10-12,23H,5,9,13H2,(H,21,24). The topological polar surface area (TPSA) is 75.6 Å². The van der Waals surface area contributed by atoms with Crippen LogP contribution in [0.1, 0.15) is 27.9 Å². The lowest BCUT2D eigenvalue weighted by atomic mass is 10.1. The van der Waals surface area contributed by atoms with Crippen molar-refractivity contribution in [3.8, 4) is 17.6 Å². The minimum Gasteiger partial charge on any atom is -0.504 e. The van der Waals surface area contributed by atoms with Gasteiger partial charge in [0.2, 0.25) is 0 Å². The Morgan fingerprint density at radius 2 is 2.04 bits per heavy atom. The molecule has 2 N–H and O–H groups in total. The molecular formula is C19H16FNO4. The first kappa shape index (κ1) is 18.0. The van der Waals surface area contributed by atoms with Gasteiger partial charge in [0.25, 0.3) is 0 Å². The second-order valence-corrected chi connectivity index (χ2v) is 5.05. The fourth-order valence-corrected chi connectivity index (χ4v) is 1.95. The number of hydrogen-bond acceptors (Lipinski definition) is 4. The summed E-state index contributed by atoms with van der Waals surface area (Å²) in [7, 11) is 0. The molecule has 0 radical (unpaired) electrons. The Labute approximate surface area is 144 Å². The highest BCUT2D eigenvalue weighted by molar-refractivity contribution is 5.80. The normalized spacial score (nSPS) is 9.64. The summed E-state index contributed by atoms with van der Waals surface area (Å²) < 4.78 is 18.4. The smallest absolute Gasteiger partial charge is 0.407 e. The molecule has 0 aliphatic carbocycles. The summed E-state index contributed by atoms with van der Waals surface area (Å²) >= 11 is 0. The number of ether oxygens (including phenoxy) is 1. The van der Waals surface area contributed by atoms with Crippen LogP contribution in [0, 0.1) is 17.7 Å². The van der Waals surface area contributed by atoms with Gasteiger partial charge in [0, 0.05) is 18.5 Å². The number of benzene rings is 2. The number of aldehydes is 1. The van der Waals surface area contributed by atoms with Gasteiger partial charge in [0.15, 0.2) is 17.9 Å². The Hall–Kier alpha value is -3.33. The molecule has 25 heavy (non-hydrogen) atoms. The van der Waals surface area contributed by atoms with E-state index < -0.39 is 17.7 Å². The molecule has 2 aromatic rings. The first-order valence-corrected chi connectivity index (χ1v) is 7.51. The van der Waals surface area contributed by atoms with Gasteiger partial charge in [-0.2, -0.15) is 0 Å². The predicted octanol–water partition coefficient (Wildman–Crippen LogP) is 3.01. The lowest BCUT2D eigenvalue weighted by molar-refractivity contribution is 0.112. The number of aromatic hydroxyl groups is 1. The number of hydrogen-bond donors (Lipinski definition) is 2. The lowest BCUT2D eigenvalue weighted by Crippen LogP contribution is -2.24. The second kappa shape index (κ2) is 9.08. The molecule has 0 atom stereocenters. The SMILES string of the molecule is O=Cc1cc(C#CCCNC(=O)OCc2ccccc2)cc(F)c1O. The third-order valence-corrected chi connectivity index (χ3v) is 3.18. The molecule has 0 heterocycles. The number of carbonyl (C=O) groups excluding carboxylic acids is 2. The van der Waals surface area contributed by atoms with E-state index in [0.29, 0.717) is 12.7 Å². The van der Waals surface area contributed by atoms with Gasteiger partial charge >= 0.3 is 6.09 Å². The molecule has 0 saturated carbocycles. The Morgan fingerprint density at radius 3 is 2.76 bits per heavy atom. The number of carbonyl (C=O) groups is 2. The molecule has 0 aromatic heterocycles. The Balaban J connectivity index is 1.76. The average Bonchev–Trinajstić information content (AvgIpc) is 2.63. The summed E-state index contributed by atoms with van der Waals surface area (Å²) in [5.41, 5.74) is 0.994. The summed E-state index contributed by atoms with van der Waals surface area (Å²) in [4.78, 5) is 22.2. The van der Waals surface area contributed by atoms with E-state index in [-0.39, 0.29) is 24.3 Å². The van der Waals surface area contributed by atoms with Crippen molar-refractivity contribution < 1.29 is 23.8 Å². The van der Waals surface area contributed by atoms with Crippen LogP contribution in [0.2, 0.25) is 0 Å². The molecular weight excluding hydrogens is 325 g/mol. The van der Waals surface area contributed by atoms with Gasteiger partial charge in [-0.25, -0.2) is 9.18 Å². The van der Waals surface area contributed by atoms with Crippen LogP contribution in [-0.4, -0.2) is 24.0 Å². The lowest BCUT2D eigenvalue weighted by Gasteiger charge is -2.05. The first-order valence-electron chi connectivity index (χ1n) is 7.51. The molecule has 1 amide bonds. The van der Waals surface area contributed by atoms with Crippen molar-refractivity contribution in [2.24, 2.45) is 0 Å². The number of nitrogens with one attached hydrogen (secondary N) is 1. The van der Waals surface area contributed by atoms with Gasteiger partial charge in [0.05, 0.1) is 5.56 Å². The predicted molar refractivity (Wildman–Crippen MR) is 89.6 cm³/mol. The van der Waals surface area contributed by atoms with Gasteiger partial charge in [-0.15, -0.1) is 0 Å². The highest BCUT2D eigenvalue weighted by Crippen LogP contribution is 2.21. The zero-order valence-corrected chi connectivity index (χ0v) is 13.3. The molecule has 6 heteroatoms. The maximum atomic E-state index is 13.4. The fourth-order valence-electron chi connectivity index (χ4n) is 1.95. The van der Waals surface area contributed by atoms with Crippen LogP contribution < -0.4 is 5.32 Å². The number of phenols is 1. The van der Waals surface area contributed by atoms with E-state index >= 15 is 0 Å². The van der Waals surface area contributed by atoms with E-state index in [2.05, 4.69) is 17.2 Å².